The van der Waals surface area contributed by atoms with Crippen molar-refractivity contribution in [2.75, 3.05) is 13.1 Å². The Morgan fingerprint density at radius 2 is 2.06 bits per heavy atom. The molecule has 1 saturated carbocycles. The first-order chi connectivity index (χ1) is 8.11. The van der Waals surface area contributed by atoms with Crippen LogP contribution in [0.3, 0.4) is 0 Å². The quantitative estimate of drug-likeness (QED) is 0.792. The summed E-state index contributed by atoms with van der Waals surface area (Å²) in [4.78, 5) is 11.2. The smallest absolute Gasteiger partial charge is 0.312 e. The Kier molecular flexibility index (Phi) is 3.48. The lowest BCUT2D eigenvalue weighted by Crippen LogP contribution is -2.30. The van der Waals surface area contributed by atoms with Crippen LogP contribution in [0.5, 0.6) is 0 Å². The third-order valence-corrected chi connectivity index (χ3v) is 3.50. The van der Waals surface area contributed by atoms with Gasteiger partial charge in [-0.15, -0.1) is 0 Å². The van der Waals surface area contributed by atoms with E-state index >= 15 is 0 Å². The van der Waals surface area contributed by atoms with Gasteiger partial charge in [-0.2, -0.15) is 0 Å². The Balaban J connectivity index is 1.91. The number of rotatable bonds is 6. The highest BCUT2D eigenvalue weighted by molar-refractivity contribution is 5.76. The lowest BCUT2D eigenvalue weighted by atomic mass is 9.99. The summed E-state index contributed by atoms with van der Waals surface area (Å²) in [5.41, 5.74) is 1.29. The van der Waals surface area contributed by atoms with Gasteiger partial charge in [0.2, 0.25) is 0 Å². The van der Waals surface area contributed by atoms with Crippen LogP contribution in [0, 0.1) is 5.41 Å². The van der Waals surface area contributed by atoms with E-state index in [1.807, 2.05) is 30.3 Å². The van der Waals surface area contributed by atoms with Crippen molar-refractivity contribution in [2.24, 2.45) is 5.41 Å². The van der Waals surface area contributed by atoms with Gasteiger partial charge < -0.3 is 10.4 Å². The first-order valence-corrected chi connectivity index (χ1v) is 6.09. The van der Waals surface area contributed by atoms with Gasteiger partial charge >= 0.3 is 5.97 Å². The summed E-state index contributed by atoms with van der Waals surface area (Å²) in [6, 6.07) is 9.42. The summed E-state index contributed by atoms with van der Waals surface area (Å²) in [7, 11) is 0. The fourth-order valence-corrected chi connectivity index (χ4v) is 1.94. The average molecular weight is 233 g/mol. The second-order valence-corrected chi connectivity index (χ2v) is 5.24. The molecule has 2 N–H and O–H groups in total. The molecule has 0 radical (unpaired) electrons. The molecular weight excluding hydrogens is 214 g/mol. The Morgan fingerprint density at radius 3 is 2.59 bits per heavy atom. The maximum Gasteiger partial charge on any atom is 0.312 e. The van der Waals surface area contributed by atoms with Gasteiger partial charge in [0.25, 0.3) is 0 Å². The molecule has 3 nitrogen and oxygen atoms in total. The molecule has 2 rings (SSSR count). The number of carbonyl (C=O) groups is 1. The molecule has 3 heteroatoms. The molecule has 0 bridgehead atoms. The van der Waals surface area contributed by atoms with Crippen molar-refractivity contribution >= 4 is 5.97 Å². The third-order valence-electron chi connectivity index (χ3n) is 3.50. The molecule has 1 atom stereocenters. The lowest BCUT2D eigenvalue weighted by Gasteiger charge is -2.15. The number of carboxylic acids is 1. The topological polar surface area (TPSA) is 49.3 Å². The number of carboxylic acid groups (broad SMARTS) is 1. The molecule has 0 spiro atoms. The van der Waals surface area contributed by atoms with Crippen LogP contribution in [-0.2, 0) is 4.79 Å². The van der Waals surface area contributed by atoms with Crippen molar-refractivity contribution in [3.8, 4) is 0 Å². The number of nitrogens with one attached hydrogen (secondary N) is 1. The van der Waals surface area contributed by atoms with E-state index in [-0.39, 0.29) is 0 Å². The van der Waals surface area contributed by atoms with Gasteiger partial charge in [-0.1, -0.05) is 37.3 Å². The molecule has 0 aromatic heterocycles. The second kappa shape index (κ2) is 4.88. The van der Waals surface area contributed by atoms with Gasteiger partial charge in [-0.05, 0) is 23.8 Å². The normalized spacial score (nSPS) is 18.6. The predicted molar refractivity (Wildman–Crippen MR) is 67.0 cm³/mol. The van der Waals surface area contributed by atoms with Gasteiger partial charge in [0, 0.05) is 13.1 Å². The average Bonchev–Trinajstić information content (AvgIpc) is 3.04. The molecule has 17 heavy (non-hydrogen) atoms. The van der Waals surface area contributed by atoms with Gasteiger partial charge in [0.05, 0.1) is 5.92 Å². The minimum Gasteiger partial charge on any atom is -0.481 e. The van der Waals surface area contributed by atoms with Crippen molar-refractivity contribution in [1.82, 2.24) is 5.32 Å². The molecule has 1 aromatic carbocycles. The molecule has 92 valence electrons. The molecule has 0 amide bonds. The van der Waals surface area contributed by atoms with E-state index in [1.54, 1.807) is 0 Å². The van der Waals surface area contributed by atoms with E-state index in [0.717, 1.165) is 12.1 Å². The van der Waals surface area contributed by atoms with Crippen molar-refractivity contribution in [1.29, 1.82) is 0 Å². The Bertz CT molecular complexity index is 384. The number of hydrogen-bond donors (Lipinski definition) is 2. The molecular formula is C14H19NO2. The maximum atomic E-state index is 11.2. The summed E-state index contributed by atoms with van der Waals surface area (Å²) < 4.78 is 0. The summed E-state index contributed by atoms with van der Waals surface area (Å²) >= 11 is 0. The summed E-state index contributed by atoms with van der Waals surface area (Å²) in [5.74, 6) is -1.21. The molecule has 1 fully saturated rings. The van der Waals surface area contributed by atoms with Crippen LogP contribution in [0.2, 0.25) is 0 Å². The van der Waals surface area contributed by atoms with Crippen molar-refractivity contribution in [3.05, 3.63) is 35.9 Å². The van der Waals surface area contributed by atoms with E-state index < -0.39 is 11.9 Å². The lowest BCUT2D eigenvalue weighted by molar-refractivity contribution is -0.138. The first-order valence-electron chi connectivity index (χ1n) is 6.09. The molecule has 0 saturated heterocycles. The molecule has 1 aliphatic carbocycles. The van der Waals surface area contributed by atoms with E-state index in [4.69, 9.17) is 0 Å². The zero-order valence-corrected chi connectivity index (χ0v) is 10.1. The summed E-state index contributed by atoms with van der Waals surface area (Å²) in [5, 5.41) is 12.5. The van der Waals surface area contributed by atoms with Gasteiger partial charge in [0.1, 0.15) is 0 Å². The Morgan fingerprint density at radius 1 is 1.41 bits per heavy atom. The first kappa shape index (κ1) is 12.1. The Labute approximate surface area is 102 Å². The van der Waals surface area contributed by atoms with E-state index in [2.05, 4.69) is 12.2 Å². The van der Waals surface area contributed by atoms with Gasteiger partial charge in [-0.25, -0.2) is 0 Å². The van der Waals surface area contributed by atoms with Crippen LogP contribution in [0.25, 0.3) is 0 Å². The third kappa shape index (κ3) is 3.30. The summed E-state index contributed by atoms with van der Waals surface area (Å²) in [6.07, 6.45) is 2.51. The highest BCUT2D eigenvalue weighted by Crippen LogP contribution is 2.44. The monoisotopic (exact) mass is 233 g/mol. The molecule has 1 aromatic rings. The standard InChI is InChI=1S/C14H19NO2/c1-14(7-8-14)10-15-9-12(13(16)17)11-5-3-2-4-6-11/h2-6,12,15H,7-10H2,1H3,(H,16,17). The summed E-state index contributed by atoms with van der Waals surface area (Å²) in [6.45, 7) is 3.66. The van der Waals surface area contributed by atoms with Gasteiger partial charge in [0.15, 0.2) is 0 Å². The number of hydrogen-bond acceptors (Lipinski definition) is 2. The molecule has 0 heterocycles. The minimum absolute atomic E-state index is 0.416. The van der Waals surface area contributed by atoms with E-state index in [9.17, 15) is 9.90 Å². The molecule has 1 aliphatic rings. The van der Waals surface area contributed by atoms with Crippen LogP contribution in [0.1, 0.15) is 31.2 Å². The minimum atomic E-state index is -0.760. The van der Waals surface area contributed by atoms with Gasteiger partial charge in [-0.3, -0.25) is 4.79 Å². The van der Waals surface area contributed by atoms with Crippen molar-refractivity contribution < 1.29 is 9.90 Å². The maximum absolute atomic E-state index is 11.2. The Hall–Kier alpha value is -1.35. The van der Waals surface area contributed by atoms with Crippen LogP contribution in [0.15, 0.2) is 30.3 Å². The zero-order chi connectivity index (χ0) is 12.3. The number of benzene rings is 1. The molecule has 1 unspecified atom stereocenters. The van der Waals surface area contributed by atoms with Crippen molar-refractivity contribution in [3.63, 3.8) is 0 Å². The number of aliphatic carboxylic acids is 1. The van der Waals surface area contributed by atoms with Crippen molar-refractivity contribution in [2.45, 2.75) is 25.7 Å². The van der Waals surface area contributed by atoms with Crippen LogP contribution >= 0.6 is 0 Å². The fraction of sp³-hybridized carbons (Fsp3) is 0.500. The fourth-order valence-electron chi connectivity index (χ4n) is 1.94. The van der Waals surface area contributed by atoms with E-state index in [1.165, 1.54) is 12.8 Å². The highest BCUT2D eigenvalue weighted by atomic mass is 16.4. The van der Waals surface area contributed by atoms with Crippen LogP contribution in [0.4, 0.5) is 0 Å². The molecule has 0 aliphatic heterocycles. The largest absolute Gasteiger partial charge is 0.481 e. The highest BCUT2D eigenvalue weighted by Gasteiger charge is 2.36. The van der Waals surface area contributed by atoms with Crippen LogP contribution in [-0.4, -0.2) is 24.2 Å². The predicted octanol–water partition coefficient (Wildman–Crippen LogP) is 2.24. The zero-order valence-electron chi connectivity index (χ0n) is 10.1. The second-order valence-electron chi connectivity index (χ2n) is 5.24. The van der Waals surface area contributed by atoms with E-state index in [0.29, 0.717) is 12.0 Å². The van der Waals surface area contributed by atoms with Crippen LogP contribution < -0.4 is 5.32 Å². The SMILES string of the molecule is CC1(CNCC(C(=O)O)c2ccccc2)CC1.